The maximum Gasteiger partial charge on any atom is 0.223 e. The zero-order valence-electron chi connectivity index (χ0n) is 12.7. The van der Waals surface area contributed by atoms with E-state index in [1.165, 1.54) is 12.3 Å². The predicted octanol–water partition coefficient (Wildman–Crippen LogP) is 4.25. The molecule has 0 aliphatic carbocycles. The number of para-hydroxylation sites is 1. The van der Waals surface area contributed by atoms with Crippen LogP contribution in [0, 0.1) is 5.82 Å². The Balaban J connectivity index is 2.34. The van der Waals surface area contributed by atoms with Crippen LogP contribution in [-0.2, 0) is 6.54 Å². The minimum absolute atomic E-state index is 0.359. The Bertz CT molecular complexity index is 601. The quantitative estimate of drug-likeness (QED) is 0.863. The van der Waals surface area contributed by atoms with Gasteiger partial charge in [-0.15, -0.1) is 0 Å². The number of benzene rings is 1. The lowest BCUT2D eigenvalue weighted by Gasteiger charge is -2.16. The highest BCUT2D eigenvalue weighted by Crippen LogP contribution is 2.32. The summed E-state index contributed by atoms with van der Waals surface area (Å²) >= 11 is 0. The average Bonchev–Trinajstić information content (AvgIpc) is 2.50. The van der Waals surface area contributed by atoms with Gasteiger partial charge in [0, 0.05) is 12.1 Å². The third-order valence-electron chi connectivity index (χ3n) is 3.53. The Morgan fingerprint density at radius 1 is 1.33 bits per heavy atom. The zero-order chi connectivity index (χ0) is 15.2. The predicted molar refractivity (Wildman–Crippen MR) is 82.2 cm³/mol. The van der Waals surface area contributed by atoms with E-state index >= 15 is 0 Å². The van der Waals surface area contributed by atoms with Crippen molar-refractivity contribution in [3.63, 3.8) is 0 Å². The van der Waals surface area contributed by atoms with E-state index in [1.54, 1.807) is 0 Å². The standard InChI is InChI=1S/C17H21FN2O/c1-4-12(2)15-7-5-6-8-16(15)21-17-13(10-19-3)9-14(18)11-20-17/h5-9,11-12,19H,4,10H2,1-3H3. The van der Waals surface area contributed by atoms with Crippen LogP contribution in [0.1, 0.15) is 37.3 Å². The molecule has 3 nitrogen and oxygen atoms in total. The van der Waals surface area contributed by atoms with Gasteiger partial charge in [-0.25, -0.2) is 9.37 Å². The molecule has 4 heteroatoms. The van der Waals surface area contributed by atoms with E-state index in [0.717, 1.165) is 17.7 Å². The molecule has 0 saturated heterocycles. The Kier molecular flexibility index (Phi) is 5.28. The maximum atomic E-state index is 13.3. The molecule has 0 fully saturated rings. The van der Waals surface area contributed by atoms with Gasteiger partial charge in [0.25, 0.3) is 0 Å². The van der Waals surface area contributed by atoms with Crippen molar-refractivity contribution in [3.05, 3.63) is 53.5 Å². The van der Waals surface area contributed by atoms with Gasteiger partial charge in [0.15, 0.2) is 0 Å². The number of hydrogen-bond donors (Lipinski definition) is 1. The Morgan fingerprint density at radius 2 is 2.10 bits per heavy atom. The molecule has 0 amide bonds. The topological polar surface area (TPSA) is 34.1 Å². The van der Waals surface area contributed by atoms with E-state index < -0.39 is 0 Å². The summed E-state index contributed by atoms with van der Waals surface area (Å²) in [7, 11) is 1.81. The van der Waals surface area contributed by atoms with Crippen LogP contribution in [0.5, 0.6) is 11.6 Å². The first-order valence-electron chi connectivity index (χ1n) is 7.21. The molecule has 112 valence electrons. The summed E-state index contributed by atoms with van der Waals surface area (Å²) in [6.45, 7) is 4.81. The molecule has 1 atom stereocenters. The molecule has 0 saturated carbocycles. The van der Waals surface area contributed by atoms with Crippen molar-refractivity contribution < 1.29 is 9.13 Å². The summed E-state index contributed by atoms with van der Waals surface area (Å²) < 4.78 is 19.3. The normalized spacial score (nSPS) is 12.2. The third kappa shape index (κ3) is 3.79. The third-order valence-corrected chi connectivity index (χ3v) is 3.53. The second-order valence-electron chi connectivity index (χ2n) is 5.10. The van der Waals surface area contributed by atoms with Gasteiger partial charge in [-0.2, -0.15) is 0 Å². The fraction of sp³-hybridized carbons (Fsp3) is 0.353. The lowest BCUT2D eigenvalue weighted by Crippen LogP contribution is -2.08. The summed E-state index contributed by atoms with van der Waals surface area (Å²) in [6, 6.07) is 9.37. The molecular formula is C17H21FN2O. The molecule has 0 spiro atoms. The lowest BCUT2D eigenvalue weighted by atomic mass is 9.98. The Morgan fingerprint density at radius 3 is 2.81 bits per heavy atom. The van der Waals surface area contributed by atoms with Crippen LogP contribution < -0.4 is 10.1 Å². The number of nitrogens with zero attached hydrogens (tertiary/aromatic N) is 1. The Labute approximate surface area is 125 Å². The van der Waals surface area contributed by atoms with Crippen molar-refractivity contribution in [1.29, 1.82) is 0 Å². The van der Waals surface area contributed by atoms with Crippen LogP contribution >= 0.6 is 0 Å². The molecule has 1 unspecified atom stereocenters. The summed E-state index contributed by atoms with van der Waals surface area (Å²) in [5.74, 6) is 1.27. The van der Waals surface area contributed by atoms with Gasteiger partial charge in [0.05, 0.1) is 6.20 Å². The van der Waals surface area contributed by atoms with Crippen molar-refractivity contribution in [3.8, 4) is 11.6 Å². The molecular weight excluding hydrogens is 267 g/mol. The average molecular weight is 288 g/mol. The van der Waals surface area contributed by atoms with Crippen LogP contribution in [0.2, 0.25) is 0 Å². The molecule has 0 aliphatic rings. The first-order chi connectivity index (χ1) is 10.2. The highest BCUT2D eigenvalue weighted by atomic mass is 19.1. The van der Waals surface area contributed by atoms with Crippen LogP contribution in [0.25, 0.3) is 0 Å². The number of halogens is 1. The summed E-state index contributed by atoms with van der Waals surface area (Å²) in [5.41, 5.74) is 1.85. The van der Waals surface area contributed by atoms with E-state index in [9.17, 15) is 4.39 Å². The van der Waals surface area contributed by atoms with E-state index in [2.05, 4.69) is 30.2 Å². The SMILES string of the molecule is CCC(C)c1ccccc1Oc1ncc(F)cc1CNC. The maximum absolute atomic E-state index is 13.3. The summed E-state index contributed by atoms with van der Waals surface area (Å²) in [6.07, 6.45) is 2.21. The van der Waals surface area contributed by atoms with Gasteiger partial charge in [0.2, 0.25) is 5.88 Å². The monoisotopic (exact) mass is 288 g/mol. The van der Waals surface area contributed by atoms with Gasteiger partial charge in [-0.1, -0.05) is 32.0 Å². The van der Waals surface area contributed by atoms with Crippen LogP contribution in [-0.4, -0.2) is 12.0 Å². The number of rotatable bonds is 6. The van der Waals surface area contributed by atoms with E-state index in [0.29, 0.717) is 23.9 Å². The number of aromatic nitrogens is 1. The highest BCUT2D eigenvalue weighted by molar-refractivity contribution is 5.40. The molecule has 2 rings (SSSR count). The molecule has 0 bridgehead atoms. The van der Waals surface area contributed by atoms with E-state index in [4.69, 9.17) is 4.74 Å². The molecule has 0 radical (unpaired) electrons. The van der Waals surface area contributed by atoms with Crippen molar-refractivity contribution in [2.45, 2.75) is 32.7 Å². The largest absolute Gasteiger partial charge is 0.438 e. The number of ether oxygens (including phenoxy) is 1. The van der Waals surface area contributed by atoms with Crippen molar-refractivity contribution in [2.24, 2.45) is 0 Å². The smallest absolute Gasteiger partial charge is 0.223 e. The molecule has 1 heterocycles. The fourth-order valence-electron chi connectivity index (χ4n) is 2.18. The van der Waals surface area contributed by atoms with E-state index in [-0.39, 0.29) is 5.82 Å². The molecule has 0 aliphatic heterocycles. The minimum Gasteiger partial charge on any atom is -0.438 e. The molecule has 21 heavy (non-hydrogen) atoms. The highest BCUT2D eigenvalue weighted by Gasteiger charge is 2.13. The van der Waals surface area contributed by atoms with Gasteiger partial charge >= 0.3 is 0 Å². The van der Waals surface area contributed by atoms with Crippen molar-refractivity contribution >= 4 is 0 Å². The lowest BCUT2D eigenvalue weighted by molar-refractivity contribution is 0.440. The van der Waals surface area contributed by atoms with Crippen molar-refractivity contribution in [1.82, 2.24) is 10.3 Å². The first-order valence-corrected chi connectivity index (χ1v) is 7.21. The van der Waals surface area contributed by atoms with Gasteiger partial charge < -0.3 is 10.1 Å². The van der Waals surface area contributed by atoms with Crippen LogP contribution in [0.15, 0.2) is 36.5 Å². The van der Waals surface area contributed by atoms with Gasteiger partial charge in [-0.05, 0) is 37.1 Å². The van der Waals surface area contributed by atoms with Gasteiger partial charge in [0.1, 0.15) is 11.6 Å². The number of nitrogens with one attached hydrogen (secondary N) is 1. The second kappa shape index (κ2) is 7.18. The molecule has 1 aromatic carbocycles. The molecule has 1 aromatic heterocycles. The zero-order valence-corrected chi connectivity index (χ0v) is 12.7. The number of pyridine rings is 1. The number of hydrogen-bond acceptors (Lipinski definition) is 3. The Hall–Kier alpha value is -1.94. The summed E-state index contributed by atoms with van der Waals surface area (Å²) in [5, 5.41) is 3.00. The minimum atomic E-state index is -0.359. The molecule has 1 N–H and O–H groups in total. The van der Waals surface area contributed by atoms with Crippen molar-refractivity contribution in [2.75, 3.05) is 7.05 Å². The first kappa shape index (κ1) is 15.4. The fourth-order valence-corrected chi connectivity index (χ4v) is 2.18. The summed E-state index contributed by atoms with van der Waals surface area (Å²) in [4.78, 5) is 4.08. The van der Waals surface area contributed by atoms with Crippen LogP contribution in [0.3, 0.4) is 0 Å². The molecule has 2 aromatic rings. The second-order valence-corrected chi connectivity index (χ2v) is 5.10. The van der Waals surface area contributed by atoms with Gasteiger partial charge in [-0.3, -0.25) is 0 Å². The van der Waals surface area contributed by atoms with Crippen LogP contribution in [0.4, 0.5) is 4.39 Å². The van der Waals surface area contributed by atoms with E-state index in [1.807, 2.05) is 25.2 Å².